The number of aromatic nitrogens is 2. The van der Waals surface area contributed by atoms with Crippen molar-refractivity contribution < 1.29 is 18.7 Å². The highest BCUT2D eigenvalue weighted by atomic mass is 16.5. The van der Waals surface area contributed by atoms with Crippen LogP contribution in [-0.2, 0) is 17.6 Å². The predicted octanol–water partition coefficient (Wildman–Crippen LogP) is 8.15. The number of hydrogen-bond donors (Lipinski definition) is 0. The Labute approximate surface area is 288 Å². The largest absolute Gasteiger partial charge is 0.461 e. The van der Waals surface area contributed by atoms with Gasteiger partial charge in [0.15, 0.2) is 11.2 Å². The topological polar surface area (TPSA) is 123 Å². The second-order valence-electron chi connectivity index (χ2n) is 12.8. The van der Waals surface area contributed by atoms with Crippen molar-refractivity contribution in [3.8, 4) is 17.2 Å². The van der Waals surface area contributed by atoms with E-state index in [1.807, 2.05) is 24.3 Å². The normalized spacial score (nSPS) is 14.4. The molecule has 0 radical (unpaired) electrons. The monoisotopic (exact) mass is 659 g/mol. The molecule has 3 aromatic carbocycles. The van der Waals surface area contributed by atoms with E-state index < -0.39 is 5.97 Å². The van der Waals surface area contributed by atoms with Crippen molar-refractivity contribution in [3.63, 3.8) is 0 Å². The fourth-order valence-corrected chi connectivity index (χ4v) is 6.98. The number of ketones is 1. The third-order valence-corrected chi connectivity index (χ3v) is 9.16. The van der Waals surface area contributed by atoms with Crippen LogP contribution in [-0.4, -0.2) is 28.3 Å². The maximum absolute atomic E-state index is 13.6. The van der Waals surface area contributed by atoms with E-state index in [0.29, 0.717) is 28.7 Å². The number of nitrogens with zero attached hydrogens (tertiary/aromatic N) is 3. The Hall–Kier alpha value is -6.20. The molecule has 0 amide bonds. The summed E-state index contributed by atoms with van der Waals surface area (Å²) in [5.74, 6) is 0.134. The maximum Gasteiger partial charge on any atom is 0.339 e. The van der Waals surface area contributed by atoms with Gasteiger partial charge in [0, 0.05) is 53.5 Å². The highest BCUT2D eigenvalue weighted by molar-refractivity contribution is 6.09. The van der Waals surface area contributed by atoms with Gasteiger partial charge in [0.1, 0.15) is 18.0 Å². The molecule has 0 spiro atoms. The van der Waals surface area contributed by atoms with Crippen LogP contribution in [0.1, 0.15) is 73.6 Å². The van der Waals surface area contributed by atoms with Crippen LogP contribution in [0.4, 0.5) is 0 Å². The van der Waals surface area contributed by atoms with Crippen LogP contribution >= 0.6 is 0 Å². The number of pyridine rings is 2. The average molecular weight is 660 g/mol. The SMILES string of the molecule is CC1=CC(c2cccc3c(=O)cc(C)oc23)c2c(ccc3c2C(=O)Cc2cc(C)ccc2-3)C1.N#CCCOC(=O)c1cnc2ccncc2c1. The maximum atomic E-state index is 13.6. The zero-order chi connectivity index (χ0) is 34.9. The average Bonchev–Trinajstić information content (AvgIpc) is 3.10. The molecule has 246 valence electrons. The number of ether oxygens (including phenoxy) is 1. The van der Waals surface area contributed by atoms with Gasteiger partial charge in [0.25, 0.3) is 0 Å². The highest BCUT2D eigenvalue weighted by Gasteiger charge is 2.33. The number of allylic oxidation sites excluding steroid dienone is 2. The highest BCUT2D eigenvalue weighted by Crippen LogP contribution is 2.45. The first-order valence-electron chi connectivity index (χ1n) is 16.4. The van der Waals surface area contributed by atoms with E-state index in [9.17, 15) is 14.4 Å². The van der Waals surface area contributed by atoms with Crippen molar-refractivity contribution in [1.29, 1.82) is 5.26 Å². The first kappa shape index (κ1) is 32.4. The minimum Gasteiger partial charge on any atom is -0.461 e. The molecular weight excluding hydrogens is 626 g/mol. The van der Waals surface area contributed by atoms with Crippen LogP contribution in [0.3, 0.4) is 0 Å². The third kappa shape index (κ3) is 6.10. The summed E-state index contributed by atoms with van der Waals surface area (Å²) in [5, 5.41) is 9.69. The van der Waals surface area contributed by atoms with Crippen LogP contribution in [0.5, 0.6) is 0 Å². The van der Waals surface area contributed by atoms with Crippen molar-refractivity contribution in [1.82, 2.24) is 9.97 Å². The number of esters is 1. The van der Waals surface area contributed by atoms with Crippen LogP contribution in [0.15, 0.2) is 106 Å². The molecule has 0 aliphatic heterocycles. The van der Waals surface area contributed by atoms with E-state index in [1.165, 1.54) is 29.0 Å². The van der Waals surface area contributed by atoms with Gasteiger partial charge >= 0.3 is 5.97 Å². The zero-order valence-electron chi connectivity index (χ0n) is 27.9. The number of carbonyl (C=O) groups is 2. The summed E-state index contributed by atoms with van der Waals surface area (Å²) in [6, 6.07) is 23.3. The van der Waals surface area contributed by atoms with E-state index in [4.69, 9.17) is 14.4 Å². The van der Waals surface area contributed by atoms with Gasteiger partial charge in [-0.2, -0.15) is 5.26 Å². The number of hydrogen-bond acceptors (Lipinski definition) is 8. The Balaban J connectivity index is 0.000000195. The van der Waals surface area contributed by atoms with E-state index in [-0.39, 0.29) is 30.2 Å². The summed E-state index contributed by atoms with van der Waals surface area (Å²) >= 11 is 0. The lowest BCUT2D eigenvalue weighted by molar-refractivity contribution is 0.0513. The van der Waals surface area contributed by atoms with Crippen molar-refractivity contribution in [2.24, 2.45) is 0 Å². The summed E-state index contributed by atoms with van der Waals surface area (Å²) in [5.41, 5.74) is 11.4. The van der Waals surface area contributed by atoms with Crippen molar-refractivity contribution in [2.45, 2.75) is 46.0 Å². The second kappa shape index (κ2) is 13.4. The smallest absolute Gasteiger partial charge is 0.339 e. The summed E-state index contributed by atoms with van der Waals surface area (Å²) in [4.78, 5) is 45.9. The minimum absolute atomic E-state index is 0.0391. The molecule has 0 bridgehead atoms. The Morgan fingerprint density at radius 1 is 0.960 bits per heavy atom. The Kier molecular flexibility index (Phi) is 8.65. The molecule has 8 nitrogen and oxygen atoms in total. The molecule has 8 heteroatoms. The minimum atomic E-state index is -0.474. The molecule has 0 saturated heterocycles. The van der Waals surface area contributed by atoms with Gasteiger partial charge in [-0.1, -0.05) is 59.7 Å². The van der Waals surface area contributed by atoms with E-state index >= 15 is 0 Å². The molecule has 0 saturated carbocycles. The quantitative estimate of drug-likeness (QED) is 0.106. The molecule has 2 aliphatic rings. The van der Waals surface area contributed by atoms with Gasteiger partial charge in [0.05, 0.1) is 29.0 Å². The molecule has 1 atom stereocenters. The summed E-state index contributed by atoms with van der Waals surface area (Å²) in [7, 11) is 0. The van der Waals surface area contributed by atoms with Crippen LogP contribution in [0.25, 0.3) is 33.0 Å². The lowest BCUT2D eigenvalue weighted by atomic mass is 9.72. The van der Waals surface area contributed by atoms with Crippen molar-refractivity contribution in [3.05, 3.63) is 152 Å². The Morgan fingerprint density at radius 2 is 1.80 bits per heavy atom. The molecule has 0 fully saturated rings. The lowest BCUT2D eigenvalue weighted by Gasteiger charge is -2.30. The first-order valence-corrected chi connectivity index (χ1v) is 16.4. The summed E-state index contributed by atoms with van der Waals surface area (Å²) in [6.07, 6.45) is 8.39. The van der Waals surface area contributed by atoms with Gasteiger partial charge < -0.3 is 9.15 Å². The van der Waals surface area contributed by atoms with E-state index in [1.54, 1.807) is 31.5 Å². The van der Waals surface area contributed by atoms with Gasteiger partial charge in [-0.15, -0.1) is 0 Å². The van der Waals surface area contributed by atoms with Gasteiger partial charge in [-0.3, -0.25) is 19.6 Å². The molecule has 3 heterocycles. The molecule has 6 aromatic rings. The molecular formula is C42H33N3O5. The number of carbonyl (C=O) groups excluding carboxylic acids is 2. The molecule has 3 aromatic heterocycles. The number of benzene rings is 3. The fourth-order valence-electron chi connectivity index (χ4n) is 6.98. The third-order valence-electron chi connectivity index (χ3n) is 9.16. The van der Waals surface area contributed by atoms with E-state index in [2.05, 4.69) is 60.2 Å². The molecule has 8 rings (SSSR count). The van der Waals surface area contributed by atoms with Crippen molar-refractivity contribution in [2.75, 3.05) is 6.61 Å². The molecule has 1 unspecified atom stereocenters. The number of rotatable bonds is 4. The standard InChI is InChI=1S/C30H24O3.C12H9N3O2/c1-16-7-9-21-20(11-16)15-27(32)29-22(21)10-8-19-12-17(2)13-25(28(19)29)23-5-4-6-24-26(31)14-18(3)33-30(23)24;13-3-1-5-17-12(16)10-6-9-7-14-4-2-11(9)15-8-10/h4-11,13-14,25H,12,15H2,1-3H3;2,4,6-8H,1,5H2. The number of nitriles is 1. The van der Waals surface area contributed by atoms with Gasteiger partial charge in [-0.05, 0) is 73.2 Å². The lowest BCUT2D eigenvalue weighted by Crippen LogP contribution is -2.21. The fraction of sp³-hybridized carbons (Fsp3) is 0.190. The second-order valence-corrected chi connectivity index (χ2v) is 12.8. The Morgan fingerprint density at radius 3 is 2.64 bits per heavy atom. The van der Waals surface area contributed by atoms with Gasteiger partial charge in [-0.25, -0.2) is 4.79 Å². The van der Waals surface area contributed by atoms with Crippen LogP contribution in [0.2, 0.25) is 0 Å². The Bertz CT molecular complexity index is 2490. The first-order chi connectivity index (χ1) is 24.2. The van der Waals surface area contributed by atoms with Gasteiger partial charge in [0.2, 0.25) is 0 Å². The molecule has 50 heavy (non-hydrogen) atoms. The van der Waals surface area contributed by atoms with E-state index in [0.717, 1.165) is 50.7 Å². The number of aryl methyl sites for hydroxylation is 2. The summed E-state index contributed by atoms with van der Waals surface area (Å²) < 4.78 is 11.0. The summed E-state index contributed by atoms with van der Waals surface area (Å²) in [6.45, 7) is 6.09. The van der Waals surface area contributed by atoms with Crippen LogP contribution in [0, 0.1) is 25.2 Å². The predicted molar refractivity (Wildman–Crippen MR) is 191 cm³/mol. The number of Topliss-reactive ketones (excluding diaryl/α,β-unsaturated/α-hetero) is 1. The zero-order valence-corrected chi connectivity index (χ0v) is 27.9. The molecule has 0 N–H and O–H groups in total. The number of fused-ring (bicyclic) bond motifs is 7. The number of para-hydroxylation sites is 1. The van der Waals surface area contributed by atoms with Crippen molar-refractivity contribution >= 4 is 33.6 Å². The molecule has 2 aliphatic carbocycles. The van der Waals surface area contributed by atoms with Crippen LogP contribution < -0.4 is 5.43 Å².